The first kappa shape index (κ1) is 13.9. The number of aromatic nitrogens is 1. The normalized spacial score (nSPS) is 11.5. The third-order valence-corrected chi connectivity index (χ3v) is 2.51. The van der Waals surface area contributed by atoms with Crippen LogP contribution < -0.4 is 5.73 Å². The summed E-state index contributed by atoms with van der Waals surface area (Å²) in [6.45, 7) is 0.332. The lowest BCUT2D eigenvalue weighted by atomic mass is 10.0. The van der Waals surface area contributed by atoms with E-state index in [-0.39, 0.29) is 17.8 Å². The van der Waals surface area contributed by atoms with Gasteiger partial charge >= 0.3 is 6.18 Å². The van der Waals surface area contributed by atoms with Gasteiger partial charge in [0.05, 0.1) is 5.56 Å². The van der Waals surface area contributed by atoms with Crippen molar-refractivity contribution in [3.63, 3.8) is 0 Å². The van der Waals surface area contributed by atoms with E-state index in [9.17, 15) is 13.2 Å². The summed E-state index contributed by atoms with van der Waals surface area (Å²) in [5, 5.41) is 0.237. The molecule has 0 unspecified atom stereocenters. The summed E-state index contributed by atoms with van der Waals surface area (Å²) in [5.41, 5.74) is 5.89. The zero-order chi connectivity index (χ0) is 11.8. The van der Waals surface area contributed by atoms with Gasteiger partial charge in [-0.05, 0) is 30.7 Å². The Kier molecular flexibility index (Phi) is 4.06. The van der Waals surface area contributed by atoms with E-state index in [4.69, 9.17) is 5.73 Å². The van der Waals surface area contributed by atoms with Gasteiger partial charge in [-0.3, -0.25) is 0 Å². The fourth-order valence-electron chi connectivity index (χ4n) is 1.84. The monoisotopic (exact) mass is 264 g/mol. The van der Waals surface area contributed by atoms with Crippen LogP contribution in [0.1, 0.15) is 11.1 Å². The number of rotatable bonds is 2. The van der Waals surface area contributed by atoms with E-state index >= 15 is 0 Å². The predicted octanol–water partition coefficient (Wildman–Crippen LogP) is 3.11. The molecule has 2 aromatic rings. The Labute approximate surface area is 102 Å². The molecule has 1 heterocycles. The first-order valence-electron chi connectivity index (χ1n) is 4.90. The van der Waals surface area contributed by atoms with Gasteiger partial charge < -0.3 is 10.7 Å². The molecule has 2 rings (SSSR count). The second kappa shape index (κ2) is 4.98. The zero-order valence-electron chi connectivity index (χ0n) is 8.84. The molecule has 0 atom stereocenters. The van der Waals surface area contributed by atoms with Crippen molar-refractivity contribution in [1.82, 2.24) is 4.98 Å². The molecule has 6 heteroatoms. The number of alkyl halides is 3. The zero-order valence-corrected chi connectivity index (χ0v) is 9.66. The number of hydrogen-bond acceptors (Lipinski definition) is 1. The molecule has 0 aliphatic heterocycles. The highest BCUT2D eigenvalue weighted by Crippen LogP contribution is 2.36. The molecule has 0 saturated carbocycles. The van der Waals surface area contributed by atoms with E-state index in [1.807, 2.05) is 0 Å². The minimum Gasteiger partial charge on any atom is -0.361 e. The van der Waals surface area contributed by atoms with Crippen LogP contribution in [0, 0.1) is 0 Å². The van der Waals surface area contributed by atoms with Gasteiger partial charge in [-0.25, -0.2) is 0 Å². The predicted molar refractivity (Wildman–Crippen MR) is 63.3 cm³/mol. The van der Waals surface area contributed by atoms with Gasteiger partial charge in [0.15, 0.2) is 0 Å². The number of H-pyrrole nitrogens is 1. The number of hydrogen-bond donors (Lipinski definition) is 2. The molecule has 1 aromatic carbocycles. The second-order valence-electron chi connectivity index (χ2n) is 3.58. The molecule has 0 spiro atoms. The van der Waals surface area contributed by atoms with E-state index in [0.29, 0.717) is 24.0 Å². The average Bonchev–Trinajstić information content (AvgIpc) is 2.61. The maximum Gasteiger partial charge on any atom is 0.417 e. The van der Waals surface area contributed by atoms with E-state index in [0.717, 1.165) is 6.07 Å². The van der Waals surface area contributed by atoms with E-state index in [2.05, 4.69) is 4.98 Å². The topological polar surface area (TPSA) is 41.8 Å². The second-order valence-corrected chi connectivity index (χ2v) is 3.58. The lowest BCUT2D eigenvalue weighted by molar-refractivity contribution is -0.136. The average molecular weight is 265 g/mol. The highest BCUT2D eigenvalue weighted by atomic mass is 35.5. The van der Waals surface area contributed by atoms with Crippen molar-refractivity contribution in [2.45, 2.75) is 12.6 Å². The van der Waals surface area contributed by atoms with E-state index < -0.39 is 11.7 Å². The van der Waals surface area contributed by atoms with E-state index in [1.165, 1.54) is 6.07 Å². The Bertz CT molecular complexity index is 505. The summed E-state index contributed by atoms with van der Waals surface area (Å²) in [7, 11) is 0. The van der Waals surface area contributed by atoms with E-state index in [1.54, 1.807) is 12.3 Å². The quantitative estimate of drug-likeness (QED) is 0.860. The minimum absolute atomic E-state index is 0. The molecule has 17 heavy (non-hydrogen) atoms. The minimum atomic E-state index is -4.33. The lowest BCUT2D eigenvalue weighted by Gasteiger charge is -2.09. The van der Waals surface area contributed by atoms with Gasteiger partial charge in [0.1, 0.15) is 0 Å². The van der Waals surface area contributed by atoms with Gasteiger partial charge in [0.25, 0.3) is 0 Å². The van der Waals surface area contributed by atoms with Crippen molar-refractivity contribution in [2.75, 3.05) is 6.54 Å². The van der Waals surface area contributed by atoms with Gasteiger partial charge in [-0.2, -0.15) is 13.2 Å². The molecular formula is C11H12ClF3N2. The van der Waals surface area contributed by atoms with Crippen molar-refractivity contribution in [1.29, 1.82) is 0 Å². The van der Waals surface area contributed by atoms with Crippen LogP contribution in [0.15, 0.2) is 24.4 Å². The molecule has 1 aromatic heterocycles. The number of benzene rings is 1. The van der Waals surface area contributed by atoms with Gasteiger partial charge in [-0.1, -0.05) is 6.07 Å². The standard InChI is InChI=1S/C11H11F3N2.ClH/c12-11(13,14)8-2-1-3-9-10(8)7(4-5-15)6-16-9;/h1-3,6,16H,4-5,15H2;1H. The molecule has 94 valence electrons. The fraction of sp³-hybridized carbons (Fsp3) is 0.273. The van der Waals surface area contributed by atoms with Crippen LogP contribution in [0.5, 0.6) is 0 Å². The van der Waals surface area contributed by atoms with Gasteiger partial charge in [0, 0.05) is 17.1 Å². The molecule has 0 radical (unpaired) electrons. The molecular weight excluding hydrogens is 253 g/mol. The highest BCUT2D eigenvalue weighted by molar-refractivity contribution is 5.87. The number of aromatic amines is 1. The molecule has 0 bridgehead atoms. The van der Waals surface area contributed by atoms with Gasteiger partial charge in [0.2, 0.25) is 0 Å². The highest BCUT2D eigenvalue weighted by Gasteiger charge is 2.33. The fourth-order valence-corrected chi connectivity index (χ4v) is 1.84. The molecule has 0 amide bonds. The Balaban J connectivity index is 0.00000144. The Morgan fingerprint density at radius 2 is 1.94 bits per heavy atom. The third-order valence-electron chi connectivity index (χ3n) is 2.51. The molecule has 3 N–H and O–H groups in total. The van der Waals surface area contributed by atoms with Crippen LogP contribution in [-0.2, 0) is 12.6 Å². The van der Waals surface area contributed by atoms with Crippen molar-refractivity contribution < 1.29 is 13.2 Å². The molecule has 0 aliphatic rings. The number of nitrogens with one attached hydrogen (secondary N) is 1. The van der Waals surface area contributed by atoms with Crippen LogP contribution in [0.4, 0.5) is 13.2 Å². The maximum absolute atomic E-state index is 12.8. The number of halogens is 4. The van der Waals surface area contributed by atoms with Crippen LogP contribution in [-0.4, -0.2) is 11.5 Å². The number of fused-ring (bicyclic) bond motifs is 1. The summed E-state index contributed by atoms with van der Waals surface area (Å²) in [6.07, 6.45) is -2.30. The first-order chi connectivity index (χ1) is 7.54. The number of nitrogens with two attached hydrogens (primary N) is 1. The van der Waals surface area contributed by atoms with Gasteiger partial charge in [-0.15, -0.1) is 12.4 Å². The van der Waals surface area contributed by atoms with Crippen molar-refractivity contribution in [3.05, 3.63) is 35.5 Å². The van der Waals surface area contributed by atoms with Crippen LogP contribution in [0.25, 0.3) is 10.9 Å². The SMILES string of the molecule is Cl.NCCc1c[nH]c2cccc(C(F)(F)F)c12. The summed E-state index contributed by atoms with van der Waals surface area (Å²) in [4.78, 5) is 2.83. The van der Waals surface area contributed by atoms with Crippen LogP contribution >= 0.6 is 12.4 Å². The van der Waals surface area contributed by atoms with Crippen LogP contribution in [0.2, 0.25) is 0 Å². The Morgan fingerprint density at radius 1 is 1.24 bits per heavy atom. The molecule has 0 fully saturated rings. The first-order valence-corrected chi connectivity index (χ1v) is 4.90. The summed E-state index contributed by atoms with van der Waals surface area (Å²) in [5.74, 6) is 0. The van der Waals surface area contributed by atoms with Crippen molar-refractivity contribution in [3.8, 4) is 0 Å². The third kappa shape index (κ3) is 2.56. The maximum atomic E-state index is 12.8. The molecule has 0 saturated heterocycles. The largest absolute Gasteiger partial charge is 0.417 e. The summed E-state index contributed by atoms with van der Waals surface area (Å²) in [6, 6.07) is 4.12. The smallest absolute Gasteiger partial charge is 0.361 e. The molecule has 0 aliphatic carbocycles. The molecule has 2 nitrogen and oxygen atoms in total. The lowest BCUT2D eigenvalue weighted by Crippen LogP contribution is -2.07. The van der Waals surface area contributed by atoms with Crippen molar-refractivity contribution in [2.24, 2.45) is 5.73 Å². The summed E-state index contributed by atoms with van der Waals surface area (Å²) < 4.78 is 38.3. The summed E-state index contributed by atoms with van der Waals surface area (Å²) >= 11 is 0. The van der Waals surface area contributed by atoms with Crippen LogP contribution in [0.3, 0.4) is 0 Å². The Morgan fingerprint density at radius 3 is 2.53 bits per heavy atom. The Hall–Kier alpha value is -1.20. The van der Waals surface area contributed by atoms with Crippen molar-refractivity contribution >= 4 is 23.3 Å².